The van der Waals surface area contributed by atoms with Gasteiger partial charge in [-0.2, -0.15) is 0 Å². The summed E-state index contributed by atoms with van der Waals surface area (Å²) < 4.78 is 0. The summed E-state index contributed by atoms with van der Waals surface area (Å²) in [7, 11) is 0. The molecule has 0 radical (unpaired) electrons. The second kappa shape index (κ2) is 4.30. The number of hydrogen-bond acceptors (Lipinski definition) is 2. The maximum Gasteiger partial charge on any atom is 0.337 e. The zero-order chi connectivity index (χ0) is 12.7. The van der Waals surface area contributed by atoms with Crippen LogP contribution in [0.15, 0.2) is 18.2 Å². The molecule has 1 heterocycles. The molecule has 3 rings (SSSR count). The van der Waals surface area contributed by atoms with E-state index in [0.29, 0.717) is 5.56 Å². The van der Waals surface area contributed by atoms with Crippen LogP contribution in [-0.4, -0.2) is 24.2 Å². The molecule has 1 saturated heterocycles. The molecule has 2 atom stereocenters. The molecule has 1 aromatic carbocycles. The van der Waals surface area contributed by atoms with E-state index < -0.39 is 5.97 Å². The van der Waals surface area contributed by atoms with Crippen molar-refractivity contribution in [3.63, 3.8) is 0 Å². The lowest BCUT2D eigenvalue weighted by Gasteiger charge is -2.22. The van der Waals surface area contributed by atoms with Gasteiger partial charge in [-0.15, -0.1) is 0 Å². The van der Waals surface area contributed by atoms with Crippen molar-refractivity contribution in [2.24, 2.45) is 11.8 Å². The summed E-state index contributed by atoms with van der Waals surface area (Å²) in [5.41, 5.74) is 2.49. The number of aryl methyl sites for hydroxylation is 1. The summed E-state index contributed by atoms with van der Waals surface area (Å²) in [6.45, 7) is 4.09. The van der Waals surface area contributed by atoms with Crippen molar-refractivity contribution in [1.82, 2.24) is 0 Å². The van der Waals surface area contributed by atoms with Crippen molar-refractivity contribution < 1.29 is 9.90 Å². The first-order valence-electron chi connectivity index (χ1n) is 6.74. The summed E-state index contributed by atoms with van der Waals surface area (Å²) >= 11 is 0. The molecule has 96 valence electrons. The third-order valence-electron chi connectivity index (χ3n) is 4.45. The van der Waals surface area contributed by atoms with Gasteiger partial charge >= 0.3 is 5.97 Å². The molecule has 18 heavy (non-hydrogen) atoms. The second-order valence-corrected chi connectivity index (χ2v) is 5.68. The first-order chi connectivity index (χ1) is 8.65. The number of aromatic carboxylic acids is 1. The van der Waals surface area contributed by atoms with E-state index >= 15 is 0 Å². The minimum absolute atomic E-state index is 0.445. The Kier molecular flexibility index (Phi) is 2.77. The highest BCUT2D eigenvalue weighted by Crippen LogP contribution is 2.40. The van der Waals surface area contributed by atoms with Crippen molar-refractivity contribution in [1.29, 1.82) is 0 Å². The van der Waals surface area contributed by atoms with E-state index in [1.54, 1.807) is 6.07 Å². The lowest BCUT2D eigenvalue weighted by Crippen LogP contribution is -2.23. The normalized spacial score (nSPS) is 26.4. The van der Waals surface area contributed by atoms with Crippen LogP contribution in [0.4, 0.5) is 5.69 Å². The van der Waals surface area contributed by atoms with Crippen molar-refractivity contribution in [2.75, 3.05) is 18.0 Å². The molecule has 1 aliphatic carbocycles. The third-order valence-corrected chi connectivity index (χ3v) is 4.45. The number of benzene rings is 1. The molecule has 0 spiro atoms. The van der Waals surface area contributed by atoms with Gasteiger partial charge in [0.15, 0.2) is 0 Å². The predicted molar refractivity (Wildman–Crippen MR) is 71.2 cm³/mol. The number of rotatable bonds is 2. The maximum atomic E-state index is 11.3. The van der Waals surface area contributed by atoms with E-state index in [0.717, 1.165) is 36.2 Å². The van der Waals surface area contributed by atoms with Gasteiger partial charge in [0, 0.05) is 13.1 Å². The fraction of sp³-hybridized carbons (Fsp3) is 0.533. The van der Waals surface area contributed by atoms with Crippen molar-refractivity contribution >= 4 is 11.7 Å². The highest BCUT2D eigenvalue weighted by Gasteiger charge is 2.37. The minimum Gasteiger partial charge on any atom is -0.478 e. The van der Waals surface area contributed by atoms with E-state index in [9.17, 15) is 9.90 Å². The molecule has 0 amide bonds. The highest BCUT2D eigenvalue weighted by atomic mass is 16.4. The van der Waals surface area contributed by atoms with Crippen molar-refractivity contribution in [3.05, 3.63) is 29.3 Å². The lowest BCUT2D eigenvalue weighted by atomic mass is 10.0. The maximum absolute atomic E-state index is 11.3. The molecule has 1 aromatic rings. The van der Waals surface area contributed by atoms with Gasteiger partial charge in [-0.05, 0) is 49.3 Å². The quantitative estimate of drug-likeness (QED) is 0.871. The number of hydrogen-bond donors (Lipinski definition) is 1. The Hall–Kier alpha value is -1.51. The molecule has 2 aliphatic rings. The zero-order valence-electron chi connectivity index (χ0n) is 10.7. The van der Waals surface area contributed by atoms with Crippen LogP contribution in [0.1, 0.15) is 35.2 Å². The summed E-state index contributed by atoms with van der Waals surface area (Å²) in [6, 6.07) is 5.63. The van der Waals surface area contributed by atoms with E-state index in [-0.39, 0.29) is 0 Å². The van der Waals surface area contributed by atoms with E-state index in [1.165, 1.54) is 19.3 Å². The number of carboxylic acid groups (broad SMARTS) is 1. The Labute approximate surface area is 107 Å². The summed E-state index contributed by atoms with van der Waals surface area (Å²) in [5.74, 6) is 0.751. The number of carbonyl (C=O) groups is 1. The molecule has 1 aliphatic heterocycles. The average Bonchev–Trinajstić information content (AvgIpc) is 2.88. The number of carboxylic acids is 1. The summed E-state index contributed by atoms with van der Waals surface area (Å²) in [4.78, 5) is 13.6. The molecule has 1 N–H and O–H groups in total. The number of fused-ring (bicyclic) bond motifs is 1. The Morgan fingerprint density at radius 3 is 2.56 bits per heavy atom. The summed E-state index contributed by atoms with van der Waals surface area (Å²) in [5, 5.41) is 9.29. The van der Waals surface area contributed by atoms with Gasteiger partial charge in [-0.3, -0.25) is 0 Å². The number of nitrogens with zero attached hydrogens (tertiary/aromatic N) is 1. The van der Waals surface area contributed by atoms with Crippen molar-refractivity contribution in [3.8, 4) is 0 Å². The van der Waals surface area contributed by atoms with Gasteiger partial charge in [0.2, 0.25) is 0 Å². The SMILES string of the molecule is Cc1ccc(C(=O)O)c(N2CC3CCCC3C2)c1. The average molecular weight is 245 g/mol. The first-order valence-corrected chi connectivity index (χ1v) is 6.74. The lowest BCUT2D eigenvalue weighted by molar-refractivity contribution is 0.0697. The van der Waals surface area contributed by atoms with Crippen LogP contribution in [0, 0.1) is 18.8 Å². The Morgan fingerprint density at radius 1 is 1.28 bits per heavy atom. The fourth-order valence-electron chi connectivity index (χ4n) is 3.52. The molecular formula is C15H19NO2. The zero-order valence-corrected chi connectivity index (χ0v) is 10.7. The topological polar surface area (TPSA) is 40.5 Å². The Balaban J connectivity index is 1.92. The Bertz CT molecular complexity index is 471. The summed E-state index contributed by atoms with van der Waals surface area (Å²) in [6.07, 6.45) is 3.98. The van der Waals surface area contributed by atoms with Crippen LogP contribution in [0.25, 0.3) is 0 Å². The van der Waals surface area contributed by atoms with Crippen LogP contribution < -0.4 is 4.90 Å². The van der Waals surface area contributed by atoms with Gasteiger partial charge in [0.25, 0.3) is 0 Å². The molecule has 3 heteroatoms. The van der Waals surface area contributed by atoms with Gasteiger partial charge in [-0.1, -0.05) is 12.5 Å². The largest absolute Gasteiger partial charge is 0.478 e. The van der Waals surface area contributed by atoms with E-state index in [2.05, 4.69) is 4.90 Å². The predicted octanol–water partition coefficient (Wildman–Crippen LogP) is 2.93. The highest BCUT2D eigenvalue weighted by molar-refractivity contribution is 5.94. The van der Waals surface area contributed by atoms with Gasteiger partial charge in [0.05, 0.1) is 11.3 Å². The second-order valence-electron chi connectivity index (χ2n) is 5.68. The van der Waals surface area contributed by atoms with E-state index in [1.807, 2.05) is 19.1 Å². The fourth-order valence-corrected chi connectivity index (χ4v) is 3.52. The Morgan fingerprint density at radius 2 is 1.94 bits per heavy atom. The third kappa shape index (κ3) is 1.88. The van der Waals surface area contributed by atoms with E-state index in [4.69, 9.17) is 0 Å². The van der Waals surface area contributed by atoms with Gasteiger partial charge in [0.1, 0.15) is 0 Å². The van der Waals surface area contributed by atoms with Gasteiger partial charge < -0.3 is 10.0 Å². The van der Waals surface area contributed by atoms with Crippen LogP contribution in [-0.2, 0) is 0 Å². The standard InChI is InChI=1S/C15H19NO2/c1-10-5-6-13(15(17)18)14(7-10)16-8-11-3-2-4-12(11)9-16/h5-7,11-12H,2-4,8-9H2,1H3,(H,17,18). The van der Waals surface area contributed by atoms with Gasteiger partial charge in [-0.25, -0.2) is 4.79 Å². The molecular weight excluding hydrogens is 226 g/mol. The van der Waals surface area contributed by atoms with Crippen LogP contribution in [0.2, 0.25) is 0 Å². The van der Waals surface area contributed by atoms with Crippen LogP contribution in [0.5, 0.6) is 0 Å². The van der Waals surface area contributed by atoms with Crippen LogP contribution in [0.3, 0.4) is 0 Å². The first kappa shape index (κ1) is 11.6. The number of anilines is 1. The van der Waals surface area contributed by atoms with Crippen LogP contribution >= 0.6 is 0 Å². The molecule has 2 unspecified atom stereocenters. The minimum atomic E-state index is -0.818. The monoisotopic (exact) mass is 245 g/mol. The molecule has 2 fully saturated rings. The molecule has 3 nitrogen and oxygen atoms in total. The molecule has 0 bridgehead atoms. The smallest absolute Gasteiger partial charge is 0.337 e. The molecule has 1 saturated carbocycles. The van der Waals surface area contributed by atoms with Crippen molar-refractivity contribution in [2.45, 2.75) is 26.2 Å². The molecule has 0 aromatic heterocycles.